The molecule has 0 bridgehead atoms. The Balaban J connectivity index is 1.58. The average molecular weight is 321 g/mol. The van der Waals surface area contributed by atoms with Gasteiger partial charge in [-0.25, -0.2) is 0 Å². The van der Waals surface area contributed by atoms with E-state index in [1.807, 2.05) is 18.2 Å². The molecule has 1 fully saturated rings. The molecule has 0 radical (unpaired) electrons. The molecule has 0 aromatic heterocycles. The Hall–Kier alpha value is -1.79. The summed E-state index contributed by atoms with van der Waals surface area (Å²) in [7, 11) is 3.74. The average Bonchev–Trinajstić information content (AvgIpc) is 2.58. The van der Waals surface area contributed by atoms with Crippen molar-refractivity contribution in [2.24, 2.45) is 0 Å². The number of nitrogens with zero attached hydrogens (tertiary/aromatic N) is 2. The van der Waals surface area contributed by atoms with E-state index in [1.165, 1.54) is 0 Å². The second-order valence-electron chi connectivity index (χ2n) is 5.79. The molecule has 1 amide bonds. The van der Waals surface area contributed by atoms with Gasteiger partial charge in [-0.3, -0.25) is 4.79 Å². The van der Waals surface area contributed by atoms with E-state index in [-0.39, 0.29) is 12.5 Å². The van der Waals surface area contributed by atoms with Crippen LogP contribution in [0.15, 0.2) is 24.3 Å². The van der Waals surface area contributed by atoms with E-state index in [0.29, 0.717) is 18.0 Å². The maximum absolute atomic E-state index is 11.8. The second kappa shape index (κ2) is 9.37. The fourth-order valence-electron chi connectivity index (χ4n) is 2.53. The van der Waals surface area contributed by atoms with Crippen LogP contribution in [0.4, 0.5) is 0 Å². The molecule has 1 aromatic carbocycles. The lowest BCUT2D eigenvalue weighted by atomic mass is 10.3. The summed E-state index contributed by atoms with van der Waals surface area (Å²) in [6.45, 7) is 6.19. The Morgan fingerprint density at radius 1 is 1.17 bits per heavy atom. The summed E-state index contributed by atoms with van der Waals surface area (Å²) in [6.07, 6.45) is 0.962. The molecule has 128 valence electrons. The summed E-state index contributed by atoms with van der Waals surface area (Å²) >= 11 is 0. The molecule has 1 heterocycles. The lowest BCUT2D eigenvalue weighted by Crippen LogP contribution is -2.45. The zero-order valence-electron chi connectivity index (χ0n) is 14.1. The van der Waals surface area contributed by atoms with Crippen LogP contribution >= 0.6 is 0 Å². The standard InChI is InChI=1S/C17H27N3O3/c1-19-10-12-20(13-11-19)9-5-8-18-17(21)14-23-16-7-4-3-6-15(16)22-2/h3-4,6-7H,5,8-14H2,1-2H3,(H,18,21). The highest BCUT2D eigenvalue weighted by Crippen LogP contribution is 2.25. The van der Waals surface area contributed by atoms with E-state index in [2.05, 4.69) is 22.2 Å². The molecule has 23 heavy (non-hydrogen) atoms. The van der Waals surface area contributed by atoms with Gasteiger partial charge in [0.05, 0.1) is 7.11 Å². The predicted molar refractivity (Wildman–Crippen MR) is 90.1 cm³/mol. The molecule has 1 N–H and O–H groups in total. The van der Waals surface area contributed by atoms with Crippen LogP contribution in [-0.2, 0) is 4.79 Å². The normalized spacial score (nSPS) is 16.1. The highest BCUT2D eigenvalue weighted by molar-refractivity contribution is 5.77. The summed E-state index contributed by atoms with van der Waals surface area (Å²) in [5.41, 5.74) is 0. The molecule has 0 saturated carbocycles. The van der Waals surface area contributed by atoms with Crippen molar-refractivity contribution in [1.82, 2.24) is 15.1 Å². The smallest absolute Gasteiger partial charge is 0.257 e. The summed E-state index contributed by atoms with van der Waals surface area (Å²) in [5, 5.41) is 2.90. The van der Waals surface area contributed by atoms with E-state index < -0.39 is 0 Å². The molecule has 1 aliphatic heterocycles. The Morgan fingerprint density at radius 2 is 1.87 bits per heavy atom. The number of rotatable bonds is 8. The highest BCUT2D eigenvalue weighted by atomic mass is 16.5. The monoisotopic (exact) mass is 321 g/mol. The molecule has 2 rings (SSSR count). The lowest BCUT2D eigenvalue weighted by molar-refractivity contribution is -0.123. The molecule has 0 aliphatic carbocycles. The van der Waals surface area contributed by atoms with Gasteiger partial charge in [0.25, 0.3) is 5.91 Å². The van der Waals surface area contributed by atoms with Crippen molar-refractivity contribution in [3.05, 3.63) is 24.3 Å². The Kier molecular flexibility index (Phi) is 7.16. The van der Waals surface area contributed by atoms with Crippen molar-refractivity contribution in [1.29, 1.82) is 0 Å². The van der Waals surface area contributed by atoms with Gasteiger partial charge in [-0.2, -0.15) is 0 Å². The summed E-state index contributed by atoms with van der Waals surface area (Å²) in [5.74, 6) is 1.12. The van der Waals surface area contributed by atoms with E-state index >= 15 is 0 Å². The molecular formula is C17H27N3O3. The summed E-state index contributed by atoms with van der Waals surface area (Å²) in [6, 6.07) is 7.32. The van der Waals surface area contributed by atoms with Crippen LogP contribution in [0.1, 0.15) is 6.42 Å². The Morgan fingerprint density at radius 3 is 2.57 bits per heavy atom. The van der Waals surface area contributed by atoms with Crippen LogP contribution in [-0.4, -0.2) is 75.7 Å². The van der Waals surface area contributed by atoms with Gasteiger partial charge in [0.1, 0.15) is 0 Å². The predicted octanol–water partition coefficient (Wildman–Crippen LogP) is 0.828. The zero-order valence-corrected chi connectivity index (χ0v) is 14.1. The van der Waals surface area contributed by atoms with Crippen molar-refractivity contribution in [3.8, 4) is 11.5 Å². The molecule has 1 aromatic rings. The third-order valence-corrected chi connectivity index (χ3v) is 4.00. The molecule has 0 unspecified atom stereocenters. The second-order valence-corrected chi connectivity index (χ2v) is 5.79. The minimum Gasteiger partial charge on any atom is -0.493 e. The van der Waals surface area contributed by atoms with Gasteiger partial charge in [0.15, 0.2) is 18.1 Å². The molecular weight excluding hydrogens is 294 g/mol. The Bertz CT molecular complexity index is 488. The number of nitrogens with one attached hydrogen (secondary N) is 1. The minimum absolute atomic E-state index is 0.00881. The number of carbonyl (C=O) groups excluding carboxylic acids is 1. The number of likely N-dealkylation sites (N-methyl/N-ethyl adjacent to an activating group) is 1. The third kappa shape index (κ3) is 6.08. The number of amides is 1. The largest absolute Gasteiger partial charge is 0.493 e. The first-order valence-corrected chi connectivity index (χ1v) is 8.12. The summed E-state index contributed by atoms with van der Waals surface area (Å²) < 4.78 is 10.7. The van der Waals surface area contributed by atoms with Crippen LogP contribution in [0.3, 0.4) is 0 Å². The Labute approximate surface area is 138 Å². The third-order valence-electron chi connectivity index (χ3n) is 4.00. The maximum Gasteiger partial charge on any atom is 0.257 e. The number of carbonyl (C=O) groups is 1. The van der Waals surface area contributed by atoms with Gasteiger partial charge in [-0.1, -0.05) is 12.1 Å². The van der Waals surface area contributed by atoms with Crippen molar-refractivity contribution in [2.45, 2.75) is 6.42 Å². The first-order chi connectivity index (χ1) is 11.2. The minimum atomic E-state index is -0.103. The van der Waals surface area contributed by atoms with E-state index in [9.17, 15) is 4.79 Å². The fourth-order valence-corrected chi connectivity index (χ4v) is 2.53. The number of methoxy groups -OCH3 is 1. The van der Waals surface area contributed by atoms with E-state index in [4.69, 9.17) is 9.47 Å². The van der Waals surface area contributed by atoms with Crippen LogP contribution < -0.4 is 14.8 Å². The first kappa shape index (κ1) is 17.6. The molecule has 6 heteroatoms. The highest BCUT2D eigenvalue weighted by Gasteiger charge is 2.13. The molecule has 0 atom stereocenters. The molecule has 0 spiro atoms. The van der Waals surface area contributed by atoms with E-state index in [1.54, 1.807) is 13.2 Å². The summed E-state index contributed by atoms with van der Waals surface area (Å²) in [4.78, 5) is 16.6. The number of para-hydroxylation sites is 2. The van der Waals surface area contributed by atoms with Crippen LogP contribution in [0, 0.1) is 0 Å². The number of benzene rings is 1. The van der Waals surface area contributed by atoms with Crippen molar-refractivity contribution >= 4 is 5.91 Å². The number of hydrogen-bond donors (Lipinski definition) is 1. The van der Waals surface area contributed by atoms with Crippen molar-refractivity contribution in [3.63, 3.8) is 0 Å². The number of ether oxygens (including phenoxy) is 2. The quantitative estimate of drug-likeness (QED) is 0.719. The fraction of sp³-hybridized carbons (Fsp3) is 0.588. The van der Waals surface area contributed by atoms with Gasteiger partial charge < -0.3 is 24.6 Å². The van der Waals surface area contributed by atoms with Gasteiger partial charge in [-0.15, -0.1) is 0 Å². The van der Waals surface area contributed by atoms with Crippen molar-refractivity contribution < 1.29 is 14.3 Å². The topological polar surface area (TPSA) is 54.0 Å². The van der Waals surface area contributed by atoms with Crippen LogP contribution in [0.25, 0.3) is 0 Å². The molecule has 6 nitrogen and oxygen atoms in total. The van der Waals surface area contributed by atoms with Gasteiger partial charge in [-0.05, 0) is 32.1 Å². The van der Waals surface area contributed by atoms with Crippen molar-refractivity contribution in [2.75, 3.05) is 60.0 Å². The van der Waals surface area contributed by atoms with Gasteiger partial charge in [0, 0.05) is 32.7 Å². The van der Waals surface area contributed by atoms with Gasteiger partial charge >= 0.3 is 0 Å². The number of piperazine rings is 1. The molecule has 1 saturated heterocycles. The van der Waals surface area contributed by atoms with Crippen LogP contribution in [0.2, 0.25) is 0 Å². The van der Waals surface area contributed by atoms with Crippen LogP contribution in [0.5, 0.6) is 11.5 Å². The maximum atomic E-state index is 11.8. The van der Waals surface area contributed by atoms with E-state index in [0.717, 1.165) is 39.1 Å². The first-order valence-electron chi connectivity index (χ1n) is 8.12. The van der Waals surface area contributed by atoms with Gasteiger partial charge in [0.2, 0.25) is 0 Å². The molecule has 1 aliphatic rings. The SMILES string of the molecule is COc1ccccc1OCC(=O)NCCCN1CCN(C)CC1. The lowest BCUT2D eigenvalue weighted by Gasteiger charge is -2.32. The zero-order chi connectivity index (χ0) is 16.5. The number of hydrogen-bond acceptors (Lipinski definition) is 5.